The maximum Gasteiger partial charge on any atom is 0.335 e. The molecule has 6 nitrogen and oxygen atoms in total. The van der Waals surface area contributed by atoms with Crippen LogP contribution < -0.4 is 10.6 Å². The second-order valence-electron chi connectivity index (χ2n) is 4.49. The van der Waals surface area contributed by atoms with E-state index in [0.29, 0.717) is 17.4 Å². The van der Waals surface area contributed by atoms with E-state index in [1.165, 1.54) is 18.2 Å². The molecule has 106 valence electrons. The summed E-state index contributed by atoms with van der Waals surface area (Å²) in [6.45, 7) is 0.616. The molecule has 1 aliphatic heterocycles. The lowest BCUT2D eigenvalue weighted by molar-refractivity contribution is -0.124. The van der Waals surface area contributed by atoms with Gasteiger partial charge in [0.2, 0.25) is 5.91 Å². The topological polar surface area (TPSA) is 95.5 Å². The standard InChI is InChI=1S/C13H13BrN2O4/c14-9-5-7(4-8(6-9)13(19)20)11(17)16-10-2-1-3-15-12(10)18/h4-6,10H,1-3H2,(H,15,18)(H,16,17)(H,19,20). The molecule has 3 N–H and O–H groups in total. The minimum absolute atomic E-state index is 0.0117. The Morgan fingerprint density at radius 1 is 1.30 bits per heavy atom. The Labute approximate surface area is 123 Å². The van der Waals surface area contributed by atoms with Crippen LogP contribution in [0.3, 0.4) is 0 Å². The number of hydrogen-bond donors (Lipinski definition) is 3. The summed E-state index contributed by atoms with van der Waals surface area (Å²) in [5, 5.41) is 14.2. The number of carbonyl (C=O) groups is 3. The first kappa shape index (κ1) is 14.5. The van der Waals surface area contributed by atoms with Crippen LogP contribution in [0.4, 0.5) is 0 Å². The minimum Gasteiger partial charge on any atom is -0.478 e. The van der Waals surface area contributed by atoms with Gasteiger partial charge >= 0.3 is 5.97 Å². The van der Waals surface area contributed by atoms with Crippen molar-refractivity contribution in [1.82, 2.24) is 10.6 Å². The molecule has 0 radical (unpaired) electrons. The maximum absolute atomic E-state index is 12.1. The van der Waals surface area contributed by atoms with Crippen LogP contribution >= 0.6 is 15.9 Å². The van der Waals surface area contributed by atoms with Crippen LogP contribution in [0, 0.1) is 0 Å². The van der Waals surface area contributed by atoms with Gasteiger partial charge in [-0.2, -0.15) is 0 Å². The molecule has 20 heavy (non-hydrogen) atoms. The van der Waals surface area contributed by atoms with E-state index < -0.39 is 17.9 Å². The van der Waals surface area contributed by atoms with E-state index in [1.807, 2.05) is 0 Å². The minimum atomic E-state index is -1.12. The van der Waals surface area contributed by atoms with Crippen molar-refractivity contribution in [2.75, 3.05) is 6.54 Å². The lowest BCUT2D eigenvalue weighted by Gasteiger charge is -2.22. The first-order chi connectivity index (χ1) is 9.47. The number of hydrogen-bond acceptors (Lipinski definition) is 3. The van der Waals surface area contributed by atoms with Gasteiger partial charge in [0, 0.05) is 16.6 Å². The van der Waals surface area contributed by atoms with Crippen LogP contribution in [-0.2, 0) is 4.79 Å². The van der Waals surface area contributed by atoms with Crippen LogP contribution in [0.1, 0.15) is 33.6 Å². The van der Waals surface area contributed by atoms with E-state index in [1.54, 1.807) is 0 Å². The van der Waals surface area contributed by atoms with Crippen molar-refractivity contribution >= 4 is 33.7 Å². The fourth-order valence-corrected chi connectivity index (χ4v) is 2.49. The van der Waals surface area contributed by atoms with Crippen molar-refractivity contribution in [3.63, 3.8) is 0 Å². The largest absolute Gasteiger partial charge is 0.478 e. The zero-order valence-electron chi connectivity index (χ0n) is 10.5. The SMILES string of the molecule is O=C(O)c1cc(Br)cc(C(=O)NC2CCCNC2=O)c1. The van der Waals surface area contributed by atoms with Crippen molar-refractivity contribution in [1.29, 1.82) is 0 Å². The average molecular weight is 341 g/mol. The second kappa shape index (κ2) is 6.04. The first-order valence-electron chi connectivity index (χ1n) is 6.10. The number of rotatable bonds is 3. The number of piperidine rings is 1. The fraction of sp³-hybridized carbons (Fsp3) is 0.308. The number of aromatic carboxylic acids is 1. The Bertz CT molecular complexity index is 573. The van der Waals surface area contributed by atoms with Crippen LogP contribution in [0.2, 0.25) is 0 Å². The summed E-state index contributed by atoms with van der Waals surface area (Å²) < 4.78 is 0.496. The molecule has 1 unspecified atom stereocenters. The zero-order chi connectivity index (χ0) is 14.7. The quantitative estimate of drug-likeness (QED) is 0.769. The maximum atomic E-state index is 12.1. The highest BCUT2D eigenvalue weighted by Gasteiger charge is 2.24. The fourth-order valence-electron chi connectivity index (χ4n) is 2.00. The lowest BCUT2D eigenvalue weighted by atomic mass is 10.1. The highest BCUT2D eigenvalue weighted by atomic mass is 79.9. The Hall–Kier alpha value is -1.89. The lowest BCUT2D eigenvalue weighted by Crippen LogP contribution is -2.50. The van der Waals surface area contributed by atoms with E-state index >= 15 is 0 Å². The predicted octanol–water partition coefficient (Wildman–Crippen LogP) is 1.16. The van der Waals surface area contributed by atoms with Crippen LogP contribution in [0.5, 0.6) is 0 Å². The first-order valence-corrected chi connectivity index (χ1v) is 6.89. The van der Waals surface area contributed by atoms with Gasteiger partial charge in [0.1, 0.15) is 6.04 Å². The smallest absolute Gasteiger partial charge is 0.335 e. The summed E-state index contributed by atoms with van der Waals surface area (Å²) in [6, 6.07) is 3.64. The summed E-state index contributed by atoms with van der Waals surface area (Å²) in [6.07, 6.45) is 1.38. The molecule has 1 aliphatic rings. The van der Waals surface area contributed by atoms with Gasteiger partial charge in [0.15, 0.2) is 0 Å². The molecule has 2 amide bonds. The van der Waals surface area contributed by atoms with Gasteiger partial charge in [-0.15, -0.1) is 0 Å². The summed E-state index contributed by atoms with van der Waals surface area (Å²) in [5.41, 5.74) is 0.216. The van der Waals surface area contributed by atoms with E-state index in [-0.39, 0.29) is 17.0 Å². The highest BCUT2D eigenvalue weighted by Crippen LogP contribution is 2.16. The Kier molecular flexibility index (Phi) is 4.39. The summed E-state index contributed by atoms with van der Waals surface area (Å²) in [5.74, 6) is -1.79. The van der Waals surface area contributed by atoms with E-state index in [0.717, 1.165) is 6.42 Å². The number of halogens is 1. The molecule has 1 heterocycles. The van der Waals surface area contributed by atoms with Crippen LogP contribution in [-0.4, -0.2) is 35.5 Å². The number of carboxylic acids is 1. The molecular weight excluding hydrogens is 328 g/mol. The van der Waals surface area contributed by atoms with Gasteiger partial charge in [0.25, 0.3) is 5.91 Å². The predicted molar refractivity (Wildman–Crippen MR) is 74.6 cm³/mol. The third-order valence-corrected chi connectivity index (χ3v) is 3.46. The van der Waals surface area contributed by atoms with Crippen LogP contribution in [0.25, 0.3) is 0 Å². The van der Waals surface area contributed by atoms with Gasteiger partial charge in [-0.3, -0.25) is 9.59 Å². The van der Waals surface area contributed by atoms with Gasteiger partial charge in [0.05, 0.1) is 5.56 Å². The van der Waals surface area contributed by atoms with Gasteiger partial charge < -0.3 is 15.7 Å². The zero-order valence-corrected chi connectivity index (χ0v) is 12.1. The highest BCUT2D eigenvalue weighted by molar-refractivity contribution is 9.10. The molecule has 0 aromatic heterocycles. The summed E-state index contributed by atoms with van der Waals surface area (Å²) in [7, 11) is 0. The number of carbonyl (C=O) groups excluding carboxylic acids is 2. The molecular formula is C13H13BrN2O4. The third kappa shape index (κ3) is 3.36. The third-order valence-electron chi connectivity index (χ3n) is 3.00. The molecule has 0 spiro atoms. The summed E-state index contributed by atoms with van der Waals surface area (Å²) >= 11 is 3.16. The molecule has 1 aromatic rings. The Morgan fingerprint density at radius 3 is 2.65 bits per heavy atom. The number of amides is 2. The molecule has 1 atom stereocenters. The second-order valence-corrected chi connectivity index (χ2v) is 5.41. The van der Waals surface area contributed by atoms with Crippen molar-refractivity contribution < 1.29 is 19.5 Å². The van der Waals surface area contributed by atoms with Gasteiger partial charge in [-0.05, 0) is 31.0 Å². The molecule has 0 saturated carbocycles. The van der Waals surface area contributed by atoms with E-state index in [4.69, 9.17) is 5.11 Å². The average Bonchev–Trinajstić information content (AvgIpc) is 2.40. The molecule has 2 rings (SSSR count). The molecule has 0 bridgehead atoms. The molecule has 1 fully saturated rings. The molecule has 7 heteroatoms. The van der Waals surface area contributed by atoms with Crippen molar-refractivity contribution in [2.24, 2.45) is 0 Å². The number of nitrogens with one attached hydrogen (secondary N) is 2. The Balaban J connectivity index is 2.16. The monoisotopic (exact) mass is 340 g/mol. The van der Waals surface area contributed by atoms with Gasteiger partial charge in [-0.1, -0.05) is 15.9 Å². The Morgan fingerprint density at radius 2 is 2.00 bits per heavy atom. The number of carboxylic acid groups (broad SMARTS) is 1. The van der Waals surface area contributed by atoms with E-state index in [9.17, 15) is 14.4 Å². The number of benzene rings is 1. The molecule has 1 aromatic carbocycles. The van der Waals surface area contributed by atoms with E-state index in [2.05, 4.69) is 26.6 Å². The van der Waals surface area contributed by atoms with Crippen LogP contribution in [0.15, 0.2) is 22.7 Å². The van der Waals surface area contributed by atoms with Crippen molar-refractivity contribution in [3.8, 4) is 0 Å². The van der Waals surface area contributed by atoms with Crippen molar-refractivity contribution in [3.05, 3.63) is 33.8 Å². The van der Waals surface area contributed by atoms with Gasteiger partial charge in [-0.25, -0.2) is 4.79 Å². The molecule has 1 saturated heterocycles. The van der Waals surface area contributed by atoms with Crippen molar-refractivity contribution in [2.45, 2.75) is 18.9 Å². The normalized spacial score (nSPS) is 18.2. The summed E-state index contributed by atoms with van der Waals surface area (Å²) in [4.78, 5) is 34.6. The molecule has 0 aliphatic carbocycles.